The second-order valence-electron chi connectivity index (χ2n) is 21.0. The first-order chi connectivity index (χ1) is 37.0. The molecule has 0 unspecified atom stereocenters. The molecule has 0 aliphatic carbocycles. The van der Waals surface area contributed by atoms with E-state index in [1.165, 1.54) is 111 Å². The van der Waals surface area contributed by atoms with Gasteiger partial charge in [0.1, 0.15) is 5.58 Å². The van der Waals surface area contributed by atoms with E-state index in [1.807, 2.05) is 0 Å². The number of unbranched alkanes of at least 4 members (excludes halogenated alkanes) is 4. The summed E-state index contributed by atoms with van der Waals surface area (Å²) in [5, 5.41) is 2.25. The van der Waals surface area contributed by atoms with Crippen LogP contribution in [0.2, 0.25) is 0 Å². The molecule has 0 bridgehead atoms. The number of anilines is 8. The Labute approximate surface area is 445 Å². The minimum Gasteiger partial charge on any atom is -0.454 e. The maximum atomic E-state index is 7.16. The highest BCUT2D eigenvalue weighted by atomic mass is 16.3. The average Bonchev–Trinajstić information content (AvgIpc) is 3.98. The van der Waals surface area contributed by atoms with Crippen molar-refractivity contribution in [3.8, 4) is 22.3 Å². The van der Waals surface area contributed by atoms with Gasteiger partial charge in [-0.1, -0.05) is 169 Å². The normalized spacial score (nSPS) is 12.6. The number of furan rings is 1. The summed E-state index contributed by atoms with van der Waals surface area (Å²) in [5.41, 5.74) is 23.9. The molecule has 0 atom stereocenters. The van der Waals surface area contributed by atoms with E-state index in [0.717, 1.165) is 88.9 Å². The Kier molecular flexibility index (Phi) is 13.6. The quantitative estimate of drug-likeness (QED) is 0.0799. The minimum atomic E-state index is -0.161. The summed E-state index contributed by atoms with van der Waals surface area (Å²) in [4.78, 5) is 7.67. The highest BCUT2D eigenvalue weighted by molar-refractivity contribution is 6.94. The van der Waals surface area contributed by atoms with E-state index in [4.69, 9.17) is 4.42 Å². The molecule has 75 heavy (non-hydrogen) atoms. The van der Waals surface area contributed by atoms with Gasteiger partial charge in [0.15, 0.2) is 5.58 Å². The number of fused-ring (bicyclic) bond motifs is 8. The monoisotopic (exact) mass is 978 g/mol. The van der Waals surface area contributed by atoms with Crippen LogP contribution in [0.25, 0.3) is 44.2 Å². The smallest absolute Gasteiger partial charge is 0.333 e. The highest BCUT2D eigenvalue weighted by Crippen LogP contribution is 2.52. The lowest BCUT2D eigenvalue weighted by molar-refractivity contribution is 0.669. The molecule has 0 radical (unpaired) electrons. The van der Waals surface area contributed by atoms with E-state index in [9.17, 15) is 0 Å². The van der Waals surface area contributed by atoms with Gasteiger partial charge >= 0.3 is 6.85 Å². The van der Waals surface area contributed by atoms with Crippen molar-refractivity contribution in [1.29, 1.82) is 0 Å². The van der Waals surface area contributed by atoms with Crippen LogP contribution in [0.3, 0.4) is 0 Å². The summed E-state index contributed by atoms with van der Waals surface area (Å²) in [6.45, 7) is 8.95. The van der Waals surface area contributed by atoms with Gasteiger partial charge < -0.3 is 19.0 Å². The predicted octanol–water partition coefficient (Wildman–Crippen LogP) is 18.8. The summed E-state index contributed by atoms with van der Waals surface area (Å²) >= 11 is 0. The number of nitrogens with zero attached hydrogens (tertiary/aromatic N) is 3. The molecule has 3 heterocycles. The standard InChI is InChI=1S/C70H68BN3O/c1-5-9-19-49-29-36-54(37-30-49)72(55-38-31-50(32-39-55)20-10-6-2)57-42-46-65-62(48-57)59-26-18-27-66-68(59)71(74(65)56-40-33-51(34-41-56)21-11-7-3)63-44-43-60-58-25-16-17-28-67(58)75-70(60)69(63)73(66)64-45-35-52(22-12-8-4)47-61(64)53-23-14-13-15-24-53/h13-18,23-48H,5-12,19-22H2,1-4H3. The van der Waals surface area contributed by atoms with Crippen molar-refractivity contribution in [2.24, 2.45) is 0 Å². The van der Waals surface area contributed by atoms with Crippen LogP contribution >= 0.6 is 0 Å². The maximum Gasteiger partial charge on any atom is 0.333 e. The average molecular weight is 978 g/mol. The van der Waals surface area contributed by atoms with Gasteiger partial charge in [0.05, 0.1) is 11.4 Å². The first-order valence-electron chi connectivity index (χ1n) is 28.1. The van der Waals surface area contributed by atoms with Crippen LogP contribution in [-0.4, -0.2) is 6.85 Å². The first-order valence-corrected chi connectivity index (χ1v) is 28.1. The lowest BCUT2D eigenvalue weighted by Crippen LogP contribution is -2.61. The molecule has 10 aromatic rings. The molecule has 0 saturated heterocycles. The third kappa shape index (κ3) is 9.01. The Hall–Kier alpha value is -7.76. The molecule has 0 fully saturated rings. The van der Waals surface area contributed by atoms with Gasteiger partial charge in [-0.25, -0.2) is 0 Å². The van der Waals surface area contributed by atoms with Crippen LogP contribution in [0.1, 0.15) is 101 Å². The summed E-state index contributed by atoms with van der Waals surface area (Å²) < 4.78 is 7.16. The van der Waals surface area contributed by atoms with E-state index < -0.39 is 0 Å². The molecule has 2 aliphatic heterocycles. The Morgan fingerprint density at radius 2 is 1.00 bits per heavy atom. The van der Waals surface area contributed by atoms with Crippen molar-refractivity contribution < 1.29 is 4.42 Å². The molecule has 5 heteroatoms. The summed E-state index contributed by atoms with van der Waals surface area (Å²) in [7, 11) is 0. The first kappa shape index (κ1) is 48.2. The van der Waals surface area contributed by atoms with Gasteiger partial charge in [-0.15, -0.1) is 0 Å². The molecule has 9 aromatic carbocycles. The number of aryl methyl sites for hydroxylation is 4. The number of para-hydroxylation sites is 1. The molecule has 2 aliphatic rings. The van der Waals surface area contributed by atoms with Gasteiger partial charge in [-0.2, -0.15) is 0 Å². The van der Waals surface area contributed by atoms with Crippen molar-refractivity contribution in [3.05, 3.63) is 216 Å². The molecular formula is C70H68BN3O. The number of hydrogen-bond donors (Lipinski definition) is 0. The molecule has 372 valence electrons. The number of benzene rings is 9. The van der Waals surface area contributed by atoms with Crippen LogP contribution in [0.5, 0.6) is 0 Å². The van der Waals surface area contributed by atoms with Crippen molar-refractivity contribution in [2.45, 2.75) is 105 Å². The lowest BCUT2D eigenvalue weighted by Gasteiger charge is -2.46. The zero-order valence-electron chi connectivity index (χ0n) is 44.3. The van der Waals surface area contributed by atoms with Crippen LogP contribution in [0.15, 0.2) is 199 Å². The van der Waals surface area contributed by atoms with E-state index >= 15 is 0 Å². The molecule has 0 amide bonds. The number of hydrogen-bond acceptors (Lipinski definition) is 4. The largest absolute Gasteiger partial charge is 0.454 e. The predicted molar refractivity (Wildman–Crippen MR) is 322 cm³/mol. The Balaban J connectivity index is 1.12. The van der Waals surface area contributed by atoms with Crippen molar-refractivity contribution in [2.75, 3.05) is 14.6 Å². The van der Waals surface area contributed by atoms with Crippen molar-refractivity contribution >= 4 is 85.2 Å². The fraction of sp³-hybridized carbons (Fsp3) is 0.229. The van der Waals surface area contributed by atoms with Crippen LogP contribution < -0.4 is 25.5 Å². The van der Waals surface area contributed by atoms with Gasteiger partial charge in [0.2, 0.25) is 0 Å². The summed E-state index contributed by atoms with van der Waals surface area (Å²) in [6.07, 6.45) is 13.7. The fourth-order valence-electron chi connectivity index (χ4n) is 12.0. The van der Waals surface area contributed by atoms with E-state index in [0.29, 0.717) is 0 Å². The SMILES string of the molecule is CCCCc1ccc(N2B3c4ccc5c(oc6ccccc65)c4N(c4ccc(CCCC)cc4-c4ccccc4)c4cccc(c43)-c3cc(N(c4ccc(CCCC)cc4)c4ccc(CCCC)cc4)ccc32)cc1. The van der Waals surface area contributed by atoms with Crippen molar-refractivity contribution in [1.82, 2.24) is 0 Å². The number of rotatable bonds is 18. The highest BCUT2D eigenvalue weighted by Gasteiger charge is 2.46. The van der Waals surface area contributed by atoms with E-state index in [1.54, 1.807) is 0 Å². The second kappa shape index (κ2) is 21.2. The topological polar surface area (TPSA) is 22.9 Å². The second-order valence-corrected chi connectivity index (χ2v) is 21.0. The molecular weight excluding hydrogens is 910 g/mol. The Morgan fingerprint density at radius 1 is 0.427 bits per heavy atom. The van der Waals surface area contributed by atoms with Gasteiger partial charge in [0, 0.05) is 56.0 Å². The summed E-state index contributed by atoms with van der Waals surface area (Å²) in [6, 6.07) is 73.9. The lowest BCUT2D eigenvalue weighted by atomic mass is 9.43. The van der Waals surface area contributed by atoms with E-state index in [2.05, 4.69) is 236 Å². The van der Waals surface area contributed by atoms with Gasteiger partial charge in [-0.05, 0) is 175 Å². The molecule has 1 aromatic heterocycles. The van der Waals surface area contributed by atoms with Crippen LogP contribution in [-0.2, 0) is 25.7 Å². The van der Waals surface area contributed by atoms with Crippen molar-refractivity contribution in [3.63, 3.8) is 0 Å². The van der Waals surface area contributed by atoms with E-state index in [-0.39, 0.29) is 6.85 Å². The molecule has 0 spiro atoms. The molecule has 0 N–H and O–H groups in total. The molecule has 4 nitrogen and oxygen atoms in total. The van der Waals surface area contributed by atoms with Gasteiger partial charge in [-0.3, -0.25) is 0 Å². The Bertz CT molecular complexity index is 3570. The minimum absolute atomic E-state index is 0.161. The third-order valence-corrected chi connectivity index (χ3v) is 16.0. The van der Waals surface area contributed by atoms with Gasteiger partial charge in [0.25, 0.3) is 0 Å². The summed E-state index contributed by atoms with van der Waals surface area (Å²) in [5.74, 6) is 0. The molecule has 12 rings (SSSR count). The third-order valence-electron chi connectivity index (χ3n) is 16.0. The zero-order valence-corrected chi connectivity index (χ0v) is 44.3. The zero-order chi connectivity index (χ0) is 50.8. The van der Waals surface area contributed by atoms with Crippen LogP contribution in [0.4, 0.5) is 45.5 Å². The Morgan fingerprint density at radius 3 is 1.65 bits per heavy atom. The maximum absolute atomic E-state index is 7.16. The molecule has 0 saturated carbocycles. The van der Waals surface area contributed by atoms with Crippen LogP contribution in [0, 0.1) is 0 Å². The fourth-order valence-corrected chi connectivity index (χ4v) is 12.0.